The molecule has 3 aromatic rings. The number of imidazole rings is 1. The van der Waals surface area contributed by atoms with Crippen LogP contribution < -0.4 is 5.32 Å². The minimum atomic E-state index is -3.69. The molecule has 2 N–H and O–H groups in total. The first-order valence-electron chi connectivity index (χ1n) is 11.0. The van der Waals surface area contributed by atoms with Gasteiger partial charge in [-0.1, -0.05) is 17.3 Å². The monoisotopic (exact) mass is 491 g/mol. The predicted molar refractivity (Wildman–Crippen MR) is 127 cm³/mol. The summed E-state index contributed by atoms with van der Waals surface area (Å²) >= 11 is 1.72. The lowest BCUT2D eigenvalue weighted by atomic mass is 9.96. The minimum absolute atomic E-state index is 0.0593. The molecule has 1 fully saturated rings. The maximum Gasteiger partial charge on any atom is 0.248 e. The van der Waals surface area contributed by atoms with Gasteiger partial charge in [0.25, 0.3) is 0 Å². The number of nitrogens with one attached hydrogen (secondary N) is 2. The Balaban J connectivity index is 1.42. The highest BCUT2D eigenvalue weighted by molar-refractivity contribution is 7.98. The van der Waals surface area contributed by atoms with Gasteiger partial charge in [-0.05, 0) is 57.3 Å². The van der Waals surface area contributed by atoms with Crippen molar-refractivity contribution in [3.05, 3.63) is 41.5 Å². The number of fused-ring (bicyclic) bond motifs is 1. The topological polar surface area (TPSA) is 121 Å². The number of piperidine rings is 1. The first kappa shape index (κ1) is 23.8. The number of sulfonamides is 1. The number of rotatable bonds is 8. The molecule has 0 radical (unpaired) electrons. The second-order valence-electron chi connectivity index (χ2n) is 8.31. The van der Waals surface area contributed by atoms with Crippen LogP contribution in [0.3, 0.4) is 0 Å². The van der Waals surface area contributed by atoms with Crippen molar-refractivity contribution < 1.29 is 17.7 Å². The van der Waals surface area contributed by atoms with E-state index in [2.05, 4.69) is 20.4 Å². The fourth-order valence-corrected chi connectivity index (χ4v) is 6.50. The molecule has 3 heterocycles. The van der Waals surface area contributed by atoms with E-state index in [1.807, 2.05) is 30.5 Å². The second-order valence-corrected chi connectivity index (χ2v) is 11.2. The molecule has 1 saturated heterocycles. The van der Waals surface area contributed by atoms with Crippen LogP contribution >= 0.6 is 11.8 Å². The Morgan fingerprint density at radius 1 is 1.30 bits per heavy atom. The number of H-pyrrole nitrogens is 1. The van der Waals surface area contributed by atoms with Crippen LogP contribution in [0.15, 0.2) is 33.7 Å². The summed E-state index contributed by atoms with van der Waals surface area (Å²) in [5.41, 5.74) is 2.16. The number of aromatic amines is 1. The average Bonchev–Trinajstić information content (AvgIpc) is 3.39. The Labute approximate surface area is 197 Å². The highest BCUT2D eigenvalue weighted by Gasteiger charge is 2.36. The van der Waals surface area contributed by atoms with E-state index in [0.29, 0.717) is 18.5 Å². The molecule has 1 aliphatic heterocycles. The van der Waals surface area contributed by atoms with Gasteiger partial charge in [-0.3, -0.25) is 4.79 Å². The molecule has 0 saturated carbocycles. The third-order valence-electron chi connectivity index (χ3n) is 6.06. The molecule has 1 amide bonds. The Hall–Kier alpha value is -2.37. The highest BCUT2D eigenvalue weighted by atomic mass is 32.2. The van der Waals surface area contributed by atoms with Gasteiger partial charge in [0.1, 0.15) is 16.4 Å². The van der Waals surface area contributed by atoms with Gasteiger partial charge in [0.05, 0.1) is 17.1 Å². The van der Waals surface area contributed by atoms with Crippen LogP contribution in [-0.4, -0.2) is 58.9 Å². The zero-order chi connectivity index (χ0) is 23.6. The Morgan fingerprint density at radius 3 is 2.67 bits per heavy atom. The maximum atomic E-state index is 13.1. The maximum absolute atomic E-state index is 13.1. The molecule has 1 unspecified atom stereocenters. The van der Waals surface area contributed by atoms with Crippen molar-refractivity contribution in [2.24, 2.45) is 5.92 Å². The number of aromatic nitrogens is 3. The lowest BCUT2D eigenvalue weighted by Crippen LogP contribution is -2.44. The summed E-state index contributed by atoms with van der Waals surface area (Å²) in [6.07, 6.45) is 3.71. The summed E-state index contributed by atoms with van der Waals surface area (Å²) in [6.45, 7) is 3.78. The van der Waals surface area contributed by atoms with Gasteiger partial charge in [-0.2, -0.15) is 16.1 Å². The molecular weight excluding hydrogens is 462 g/mol. The molecule has 1 atom stereocenters. The Morgan fingerprint density at radius 2 is 2.03 bits per heavy atom. The lowest BCUT2D eigenvalue weighted by molar-refractivity contribution is -0.127. The normalized spacial score (nSPS) is 16.8. The smallest absolute Gasteiger partial charge is 0.248 e. The van der Waals surface area contributed by atoms with Gasteiger partial charge < -0.3 is 14.8 Å². The van der Waals surface area contributed by atoms with E-state index in [0.717, 1.165) is 29.0 Å². The largest absolute Gasteiger partial charge is 0.360 e. The van der Waals surface area contributed by atoms with E-state index in [-0.39, 0.29) is 41.6 Å². The van der Waals surface area contributed by atoms with Crippen LogP contribution in [0.2, 0.25) is 0 Å². The number of carbonyl (C=O) groups excluding carboxylic acids is 1. The van der Waals surface area contributed by atoms with Crippen molar-refractivity contribution in [3.8, 4) is 0 Å². The molecule has 0 aliphatic carbocycles. The van der Waals surface area contributed by atoms with Crippen LogP contribution in [0.5, 0.6) is 0 Å². The summed E-state index contributed by atoms with van der Waals surface area (Å²) in [6, 6.07) is 7.57. The number of carbonyl (C=O) groups is 1. The van der Waals surface area contributed by atoms with Crippen LogP contribution in [0.4, 0.5) is 0 Å². The molecule has 11 heteroatoms. The quantitative estimate of drug-likeness (QED) is 0.496. The van der Waals surface area contributed by atoms with Crippen molar-refractivity contribution >= 4 is 38.7 Å². The fourth-order valence-electron chi connectivity index (χ4n) is 4.27. The first-order valence-corrected chi connectivity index (χ1v) is 13.8. The number of amides is 1. The number of para-hydroxylation sites is 2. The van der Waals surface area contributed by atoms with Gasteiger partial charge in [-0.25, -0.2) is 13.4 Å². The molecule has 2 aromatic heterocycles. The summed E-state index contributed by atoms with van der Waals surface area (Å²) in [4.78, 5) is 21.2. The van der Waals surface area contributed by atoms with E-state index >= 15 is 0 Å². The minimum Gasteiger partial charge on any atom is -0.360 e. The van der Waals surface area contributed by atoms with Crippen LogP contribution in [-0.2, 0) is 14.8 Å². The second kappa shape index (κ2) is 9.86. The number of thioether (sulfide) groups is 1. The van der Waals surface area contributed by atoms with E-state index < -0.39 is 10.0 Å². The number of benzene rings is 1. The SMILES string of the molecule is CSCCC(NC(=O)C1CCN(S(=O)(=O)c2c(C)noc2C)CC1)c1nc2ccccc2[nH]1. The first-order chi connectivity index (χ1) is 15.8. The summed E-state index contributed by atoms with van der Waals surface area (Å²) < 4.78 is 32.6. The Kier molecular flexibility index (Phi) is 7.10. The van der Waals surface area contributed by atoms with Crippen LogP contribution in [0.1, 0.15) is 42.6 Å². The van der Waals surface area contributed by atoms with Gasteiger partial charge >= 0.3 is 0 Å². The molecule has 1 aliphatic rings. The zero-order valence-electron chi connectivity index (χ0n) is 19.0. The number of hydrogen-bond donors (Lipinski definition) is 2. The van der Waals surface area contributed by atoms with E-state index in [1.165, 1.54) is 4.31 Å². The van der Waals surface area contributed by atoms with E-state index in [4.69, 9.17) is 4.52 Å². The fraction of sp³-hybridized carbons (Fsp3) is 0.500. The van der Waals surface area contributed by atoms with Gasteiger partial charge in [-0.15, -0.1) is 0 Å². The average molecular weight is 492 g/mol. The van der Waals surface area contributed by atoms with E-state index in [1.54, 1.807) is 25.6 Å². The third kappa shape index (κ3) is 4.95. The molecule has 4 rings (SSSR count). The van der Waals surface area contributed by atoms with Crippen LogP contribution in [0, 0.1) is 19.8 Å². The lowest BCUT2D eigenvalue weighted by Gasteiger charge is -2.31. The highest BCUT2D eigenvalue weighted by Crippen LogP contribution is 2.28. The summed E-state index contributed by atoms with van der Waals surface area (Å²) in [7, 11) is -3.69. The third-order valence-corrected chi connectivity index (χ3v) is 8.84. The zero-order valence-corrected chi connectivity index (χ0v) is 20.6. The van der Waals surface area contributed by atoms with Gasteiger partial charge in [0, 0.05) is 19.0 Å². The summed E-state index contributed by atoms with van der Waals surface area (Å²) in [5.74, 6) is 1.61. The van der Waals surface area contributed by atoms with Crippen molar-refractivity contribution in [2.75, 3.05) is 25.1 Å². The van der Waals surface area contributed by atoms with Crippen molar-refractivity contribution in [3.63, 3.8) is 0 Å². The molecular formula is C22H29N5O4S2. The standard InChI is InChI=1S/C22H29N5O4S2/c1-14-20(15(2)31-26-14)33(29,30)27-11-8-16(9-12-27)22(28)25-19(10-13-32-3)21-23-17-6-4-5-7-18(17)24-21/h4-7,16,19H,8-13H2,1-3H3,(H,23,24)(H,25,28). The predicted octanol–water partition coefficient (Wildman–Crippen LogP) is 3.18. The number of hydrogen-bond acceptors (Lipinski definition) is 7. The van der Waals surface area contributed by atoms with E-state index in [9.17, 15) is 13.2 Å². The van der Waals surface area contributed by atoms with Gasteiger partial charge in [0.15, 0.2) is 5.76 Å². The van der Waals surface area contributed by atoms with Crippen molar-refractivity contribution in [1.82, 2.24) is 24.7 Å². The molecule has 178 valence electrons. The molecule has 0 bridgehead atoms. The Bertz CT molecular complexity index is 1180. The van der Waals surface area contributed by atoms with Crippen LogP contribution in [0.25, 0.3) is 11.0 Å². The van der Waals surface area contributed by atoms with Gasteiger partial charge in [0.2, 0.25) is 15.9 Å². The van der Waals surface area contributed by atoms with Crippen molar-refractivity contribution in [2.45, 2.75) is 44.0 Å². The van der Waals surface area contributed by atoms with Crippen molar-refractivity contribution in [1.29, 1.82) is 0 Å². The molecule has 9 nitrogen and oxygen atoms in total. The molecule has 0 spiro atoms. The summed E-state index contributed by atoms with van der Waals surface area (Å²) in [5, 5.41) is 6.93. The molecule has 1 aromatic carbocycles. The number of nitrogens with zero attached hydrogens (tertiary/aromatic N) is 3. The number of aryl methyl sites for hydroxylation is 2. The molecule has 33 heavy (non-hydrogen) atoms.